The van der Waals surface area contributed by atoms with E-state index in [9.17, 15) is 13.2 Å². The second kappa shape index (κ2) is 12.7. The number of rotatable bonds is 8. The molecule has 9 heteroatoms. The van der Waals surface area contributed by atoms with Crippen LogP contribution in [0.15, 0.2) is 18.2 Å². The molecule has 0 saturated heterocycles. The van der Waals surface area contributed by atoms with Gasteiger partial charge in [-0.15, -0.1) is 0 Å². The zero-order valence-corrected chi connectivity index (χ0v) is 13.9. The van der Waals surface area contributed by atoms with Gasteiger partial charge in [-0.25, -0.2) is 0 Å². The Bertz CT molecular complexity index is 401. The van der Waals surface area contributed by atoms with Gasteiger partial charge in [0.15, 0.2) is 0 Å². The molecule has 0 aliphatic heterocycles. The van der Waals surface area contributed by atoms with Gasteiger partial charge < -0.3 is 20.1 Å². The van der Waals surface area contributed by atoms with E-state index in [0.717, 1.165) is 0 Å². The predicted molar refractivity (Wildman–Crippen MR) is 83.7 cm³/mol. The molecule has 2 atom stereocenters. The molecule has 3 N–H and O–H groups in total. The lowest BCUT2D eigenvalue weighted by Crippen LogP contribution is -2.30. The number of hydrogen-bond acceptors (Lipinski definition) is 4. The molecule has 1 aromatic carbocycles. The van der Waals surface area contributed by atoms with Gasteiger partial charge in [0.2, 0.25) is 5.91 Å². The molecular formula is C12H20F2N2O3P2. The van der Waals surface area contributed by atoms with E-state index in [1.807, 2.05) is 13.8 Å². The first-order valence-corrected chi connectivity index (χ1v) is 7.92. The summed E-state index contributed by atoms with van der Waals surface area (Å²) in [4.78, 5) is 11.5. The van der Waals surface area contributed by atoms with Crippen molar-refractivity contribution >= 4 is 24.1 Å². The maximum Gasteiger partial charge on any atom is 0.261 e. The van der Waals surface area contributed by atoms with Crippen LogP contribution in [-0.2, 0) is 11.2 Å². The Balaban J connectivity index is 0.00000191. The summed E-state index contributed by atoms with van der Waals surface area (Å²) in [5.41, 5.74) is 5.80. The highest BCUT2D eigenvalue weighted by Crippen LogP contribution is 2.31. The van der Waals surface area contributed by atoms with Crippen LogP contribution in [0.2, 0.25) is 0 Å². The molecular weight excluding hydrogens is 320 g/mol. The largest absolute Gasteiger partial charge is 0.446 e. The van der Waals surface area contributed by atoms with E-state index < -0.39 is 18.2 Å². The predicted octanol–water partition coefficient (Wildman–Crippen LogP) is 3.04. The smallest absolute Gasteiger partial charge is 0.261 e. The van der Waals surface area contributed by atoms with Crippen LogP contribution in [0.3, 0.4) is 0 Å². The molecule has 1 aromatic rings. The Kier molecular flexibility index (Phi) is 12.1. The van der Waals surface area contributed by atoms with Crippen LogP contribution in [0.1, 0.15) is 19.4 Å². The summed E-state index contributed by atoms with van der Waals surface area (Å²) in [6.45, 7) is 4.71. The number of nitrogens with one attached hydrogen (secondary N) is 1. The molecule has 0 heterocycles. The highest BCUT2D eigenvalue weighted by atomic mass is 31.1. The fraction of sp³-hybridized carbons (Fsp3) is 0.417. The molecule has 2 unspecified atom stereocenters. The van der Waals surface area contributed by atoms with E-state index >= 15 is 0 Å². The van der Waals surface area contributed by atoms with Gasteiger partial charge in [-0.05, 0) is 17.7 Å². The Hall–Kier alpha value is -1.03. The SMILES string of the molecule is CC.NCCNC(=O)Cc1cc(OPF)cc(OPF)c1. The van der Waals surface area contributed by atoms with Gasteiger partial charge >= 0.3 is 0 Å². The number of halogens is 2. The zero-order chi connectivity index (χ0) is 16.1. The third kappa shape index (κ3) is 8.76. The lowest BCUT2D eigenvalue weighted by Gasteiger charge is -2.09. The third-order valence-electron chi connectivity index (χ3n) is 2.08. The highest BCUT2D eigenvalue weighted by molar-refractivity contribution is 7.26. The van der Waals surface area contributed by atoms with Crippen molar-refractivity contribution in [3.05, 3.63) is 23.8 Å². The summed E-state index contributed by atoms with van der Waals surface area (Å²) in [6, 6.07) is 4.37. The van der Waals surface area contributed by atoms with Crippen molar-refractivity contribution in [3.8, 4) is 11.5 Å². The standard InChI is InChI=1S/C10H14F2N2O3P2.C2H6/c11-18-16-8-3-7(4-9(6-8)17-19-12)5-10(15)14-2-1-13;1-2/h3-4,6,18-19H,1-2,5,13H2,(H,14,15);1-2H3. The molecule has 0 bridgehead atoms. The van der Waals surface area contributed by atoms with Crippen molar-refractivity contribution in [2.24, 2.45) is 5.73 Å². The minimum Gasteiger partial charge on any atom is -0.446 e. The maximum absolute atomic E-state index is 12.2. The molecule has 1 amide bonds. The Morgan fingerprint density at radius 3 is 2.14 bits per heavy atom. The van der Waals surface area contributed by atoms with E-state index in [4.69, 9.17) is 14.8 Å². The van der Waals surface area contributed by atoms with Crippen molar-refractivity contribution in [3.63, 3.8) is 0 Å². The summed E-state index contributed by atoms with van der Waals surface area (Å²) in [5.74, 6) is 0.148. The Labute approximate surface area is 126 Å². The van der Waals surface area contributed by atoms with E-state index in [1.165, 1.54) is 18.2 Å². The Morgan fingerprint density at radius 2 is 1.71 bits per heavy atom. The molecule has 0 aliphatic carbocycles. The first kappa shape index (κ1) is 20.0. The highest BCUT2D eigenvalue weighted by Gasteiger charge is 2.08. The van der Waals surface area contributed by atoms with Crippen LogP contribution < -0.4 is 20.1 Å². The molecule has 0 aliphatic rings. The van der Waals surface area contributed by atoms with Gasteiger partial charge in [0, 0.05) is 19.2 Å². The van der Waals surface area contributed by atoms with Crippen LogP contribution in [-0.4, -0.2) is 19.0 Å². The second-order valence-corrected chi connectivity index (χ2v) is 4.20. The van der Waals surface area contributed by atoms with Gasteiger partial charge in [0.1, 0.15) is 11.5 Å². The molecule has 5 nitrogen and oxygen atoms in total. The quantitative estimate of drug-likeness (QED) is 0.714. The number of carbonyl (C=O) groups excluding carboxylic acids is 1. The van der Waals surface area contributed by atoms with Crippen LogP contribution in [0.4, 0.5) is 8.39 Å². The molecule has 21 heavy (non-hydrogen) atoms. The average Bonchev–Trinajstić information content (AvgIpc) is 2.47. The summed E-state index contributed by atoms with van der Waals surface area (Å²) >= 11 is 0. The van der Waals surface area contributed by atoms with Crippen LogP contribution in [0.25, 0.3) is 0 Å². The van der Waals surface area contributed by atoms with Crippen molar-refractivity contribution in [1.29, 1.82) is 0 Å². The van der Waals surface area contributed by atoms with Crippen LogP contribution in [0.5, 0.6) is 11.5 Å². The summed E-state index contributed by atoms with van der Waals surface area (Å²) in [6.07, 6.45) is 0.0539. The van der Waals surface area contributed by atoms with Crippen LogP contribution >= 0.6 is 18.2 Å². The first-order valence-electron chi connectivity index (χ1n) is 6.35. The van der Waals surface area contributed by atoms with E-state index in [0.29, 0.717) is 18.7 Å². The minimum absolute atomic E-state index is 0.0539. The summed E-state index contributed by atoms with van der Waals surface area (Å²) in [5, 5.41) is 2.59. The summed E-state index contributed by atoms with van der Waals surface area (Å²) in [7, 11) is -2.48. The van der Waals surface area contributed by atoms with E-state index in [1.54, 1.807) is 0 Å². The summed E-state index contributed by atoms with van der Waals surface area (Å²) < 4.78 is 33.7. The van der Waals surface area contributed by atoms with Crippen molar-refractivity contribution in [2.75, 3.05) is 13.1 Å². The molecule has 0 radical (unpaired) electrons. The monoisotopic (exact) mass is 340 g/mol. The number of amides is 1. The van der Waals surface area contributed by atoms with Gasteiger partial charge in [0.05, 0.1) is 6.42 Å². The molecule has 0 aromatic heterocycles. The molecule has 0 fully saturated rings. The maximum atomic E-state index is 12.2. The third-order valence-corrected chi connectivity index (χ3v) is 2.71. The van der Waals surface area contributed by atoms with Crippen molar-refractivity contribution < 1.29 is 22.2 Å². The molecule has 1 rings (SSSR count). The van der Waals surface area contributed by atoms with Crippen molar-refractivity contribution in [1.82, 2.24) is 5.32 Å². The number of benzene rings is 1. The number of nitrogens with two attached hydrogens (primary N) is 1. The topological polar surface area (TPSA) is 73.6 Å². The van der Waals surface area contributed by atoms with E-state index in [2.05, 4.69) is 5.32 Å². The molecule has 0 saturated carbocycles. The van der Waals surface area contributed by atoms with E-state index in [-0.39, 0.29) is 23.8 Å². The lowest BCUT2D eigenvalue weighted by atomic mass is 10.1. The second-order valence-electron chi connectivity index (χ2n) is 3.49. The zero-order valence-electron chi connectivity index (χ0n) is 11.9. The molecule has 0 spiro atoms. The number of hydrogen-bond donors (Lipinski definition) is 2. The fourth-order valence-electron chi connectivity index (χ4n) is 1.40. The lowest BCUT2D eigenvalue weighted by molar-refractivity contribution is -0.120. The fourth-order valence-corrected chi connectivity index (χ4v) is 1.81. The first-order chi connectivity index (χ1) is 10.2. The average molecular weight is 340 g/mol. The Morgan fingerprint density at radius 1 is 1.19 bits per heavy atom. The molecule has 120 valence electrons. The number of carbonyl (C=O) groups is 1. The minimum atomic E-state index is -1.24. The van der Waals surface area contributed by atoms with Gasteiger partial charge in [-0.2, -0.15) is 8.39 Å². The van der Waals surface area contributed by atoms with Gasteiger partial charge in [-0.1, -0.05) is 13.8 Å². The van der Waals surface area contributed by atoms with Crippen molar-refractivity contribution in [2.45, 2.75) is 20.3 Å². The van der Waals surface area contributed by atoms with Gasteiger partial charge in [-0.3, -0.25) is 4.79 Å². The normalized spacial score (nSPS) is 10.5. The van der Waals surface area contributed by atoms with Gasteiger partial charge in [0.25, 0.3) is 18.2 Å². The van der Waals surface area contributed by atoms with Crippen LogP contribution in [0, 0.1) is 0 Å².